The maximum atomic E-state index is 12.6. The van der Waals surface area contributed by atoms with Gasteiger partial charge in [0.15, 0.2) is 28.7 Å². The summed E-state index contributed by atoms with van der Waals surface area (Å²) in [7, 11) is 1.46. The standard InChI is InChI=1S/C24H24N4O6/c1-24(2,3)21-11-16(26-27-21)22(29)28-25-12-14-5-7-18(19(9-14)31-4)34-23(30)15-6-8-17-20(10-15)33-13-32-17/h5-12H,13H2,1-4H3,(H,26,27)(H,28,29)/b25-12+. The van der Waals surface area contributed by atoms with Gasteiger partial charge in [0.05, 0.1) is 18.9 Å². The first-order chi connectivity index (χ1) is 16.2. The number of nitrogens with zero attached hydrogens (tertiary/aromatic N) is 2. The minimum Gasteiger partial charge on any atom is -0.493 e. The molecule has 1 aliphatic rings. The monoisotopic (exact) mass is 464 g/mol. The Morgan fingerprint density at radius 1 is 1.09 bits per heavy atom. The van der Waals surface area contributed by atoms with E-state index in [-0.39, 0.29) is 23.7 Å². The molecule has 0 saturated carbocycles. The van der Waals surface area contributed by atoms with Crippen molar-refractivity contribution in [3.05, 3.63) is 65.0 Å². The van der Waals surface area contributed by atoms with Crippen LogP contribution in [0.15, 0.2) is 47.6 Å². The Morgan fingerprint density at radius 3 is 2.62 bits per heavy atom. The highest BCUT2D eigenvalue weighted by Crippen LogP contribution is 2.34. The van der Waals surface area contributed by atoms with Crippen LogP contribution in [0.1, 0.15) is 52.9 Å². The molecule has 1 aliphatic heterocycles. The summed E-state index contributed by atoms with van der Waals surface area (Å²) in [6, 6.07) is 11.4. The fourth-order valence-electron chi connectivity index (χ4n) is 3.08. The van der Waals surface area contributed by atoms with Crippen molar-refractivity contribution in [2.24, 2.45) is 5.10 Å². The molecule has 0 unspecified atom stereocenters. The van der Waals surface area contributed by atoms with Crippen LogP contribution in [0, 0.1) is 0 Å². The fraction of sp³-hybridized carbons (Fsp3) is 0.250. The van der Waals surface area contributed by atoms with E-state index in [9.17, 15) is 9.59 Å². The lowest BCUT2D eigenvalue weighted by molar-refractivity contribution is 0.0729. The Kier molecular flexibility index (Phi) is 6.22. The molecule has 10 heteroatoms. The number of amides is 1. The third kappa shape index (κ3) is 5.01. The smallest absolute Gasteiger partial charge is 0.343 e. The summed E-state index contributed by atoms with van der Waals surface area (Å²) in [5, 5.41) is 10.9. The number of rotatable bonds is 6. The highest BCUT2D eigenvalue weighted by molar-refractivity contribution is 5.94. The minimum absolute atomic E-state index is 0.116. The van der Waals surface area contributed by atoms with Gasteiger partial charge in [-0.2, -0.15) is 10.2 Å². The number of hydrogen-bond donors (Lipinski definition) is 2. The van der Waals surface area contributed by atoms with Gasteiger partial charge in [-0.3, -0.25) is 9.89 Å². The molecule has 1 aromatic heterocycles. The van der Waals surface area contributed by atoms with Crippen molar-refractivity contribution in [1.82, 2.24) is 15.6 Å². The van der Waals surface area contributed by atoms with Gasteiger partial charge in [-0.25, -0.2) is 10.2 Å². The Bertz CT molecular complexity index is 1260. The molecule has 2 N–H and O–H groups in total. The molecule has 2 heterocycles. The quantitative estimate of drug-likeness (QED) is 0.248. The molecule has 1 amide bonds. The van der Waals surface area contributed by atoms with E-state index in [1.807, 2.05) is 20.8 Å². The highest BCUT2D eigenvalue weighted by atomic mass is 16.7. The molecule has 0 fully saturated rings. The number of benzene rings is 2. The number of H-pyrrole nitrogens is 1. The Labute approximate surface area is 195 Å². The molecule has 34 heavy (non-hydrogen) atoms. The van der Waals surface area contributed by atoms with Crippen LogP contribution in [0.3, 0.4) is 0 Å². The summed E-state index contributed by atoms with van der Waals surface area (Å²) in [5.41, 5.74) is 4.31. The van der Waals surface area contributed by atoms with Gasteiger partial charge in [0.25, 0.3) is 5.91 Å². The van der Waals surface area contributed by atoms with Gasteiger partial charge in [0.2, 0.25) is 6.79 Å². The van der Waals surface area contributed by atoms with Crippen LogP contribution >= 0.6 is 0 Å². The van der Waals surface area contributed by atoms with Crippen molar-refractivity contribution in [1.29, 1.82) is 0 Å². The van der Waals surface area contributed by atoms with E-state index in [4.69, 9.17) is 18.9 Å². The number of methoxy groups -OCH3 is 1. The molecule has 10 nitrogen and oxygen atoms in total. The molecule has 0 aliphatic carbocycles. The number of hydrogen-bond acceptors (Lipinski definition) is 8. The Morgan fingerprint density at radius 2 is 1.88 bits per heavy atom. The zero-order valence-electron chi connectivity index (χ0n) is 19.2. The van der Waals surface area contributed by atoms with E-state index < -0.39 is 11.9 Å². The van der Waals surface area contributed by atoms with E-state index in [0.29, 0.717) is 28.4 Å². The molecule has 3 aromatic rings. The lowest BCUT2D eigenvalue weighted by atomic mass is 9.92. The first-order valence-corrected chi connectivity index (χ1v) is 10.4. The normalized spacial score (nSPS) is 12.6. The molecule has 0 radical (unpaired) electrons. The molecule has 176 valence electrons. The van der Waals surface area contributed by atoms with E-state index in [1.165, 1.54) is 13.3 Å². The maximum absolute atomic E-state index is 12.6. The SMILES string of the molecule is COc1cc(/C=N/NC(=O)c2cc(C(C)(C)C)[nH]n2)ccc1OC(=O)c1ccc2c(c1)OCO2. The van der Waals surface area contributed by atoms with Crippen molar-refractivity contribution >= 4 is 18.1 Å². The third-order valence-electron chi connectivity index (χ3n) is 5.00. The van der Waals surface area contributed by atoms with Crippen molar-refractivity contribution in [2.45, 2.75) is 26.2 Å². The highest BCUT2D eigenvalue weighted by Gasteiger charge is 2.20. The van der Waals surface area contributed by atoms with Crippen molar-refractivity contribution in [3.63, 3.8) is 0 Å². The van der Waals surface area contributed by atoms with Crippen molar-refractivity contribution in [2.75, 3.05) is 13.9 Å². The van der Waals surface area contributed by atoms with Gasteiger partial charge in [0, 0.05) is 11.1 Å². The number of hydrazone groups is 1. The van der Waals surface area contributed by atoms with Crippen molar-refractivity contribution in [3.8, 4) is 23.0 Å². The summed E-state index contributed by atoms with van der Waals surface area (Å²) < 4.78 is 21.4. The van der Waals surface area contributed by atoms with E-state index in [2.05, 4.69) is 20.7 Å². The lowest BCUT2D eigenvalue weighted by Gasteiger charge is -2.14. The van der Waals surface area contributed by atoms with Crippen LogP contribution in [0.5, 0.6) is 23.0 Å². The van der Waals surface area contributed by atoms with Crippen LogP contribution in [0.4, 0.5) is 0 Å². The lowest BCUT2D eigenvalue weighted by Crippen LogP contribution is -2.18. The maximum Gasteiger partial charge on any atom is 0.343 e. The van der Waals surface area contributed by atoms with Crippen molar-refractivity contribution < 1.29 is 28.5 Å². The zero-order valence-corrected chi connectivity index (χ0v) is 19.2. The largest absolute Gasteiger partial charge is 0.493 e. The topological polar surface area (TPSA) is 124 Å². The Hall–Kier alpha value is -4.34. The van der Waals surface area contributed by atoms with E-state index in [1.54, 1.807) is 42.5 Å². The summed E-state index contributed by atoms with van der Waals surface area (Å²) >= 11 is 0. The van der Waals surface area contributed by atoms with Gasteiger partial charge in [-0.05, 0) is 48.0 Å². The number of carbonyl (C=O) groups excluding carboxylic acids is 2. The second-order valence-corrected chi connectivity index (χ2v) is 8.48. The predicted molar refractivity (Wildman–Crippen MR) is 123 cm³/mol. The summed E-state index contributed by atoms with van der Waals surface area (Å²) in [5.74, 6) is 0.610. The number of aromatic nitrogens is 2. The van der Waals surface area contributed by atoms with Gasteiger partial charge in [-0.1, -0.05) is 20.8 Å². The van der Waals surface area contributed by atoms with Crippen LogP contribution < -0.4 is 24.4 Å². The minimum atomic E-state index is -0.570. The second-order valence-electron chi connectivity index (χ2n) is 8.48. The number of esters is 1. The van der Waals surface area contributed by atoms with Crippen LogP contribution in [-0.2, 0) is 5.41 Å². The first kappa shape index (κ1) is 22.8. The molecule has 0 atom stereocenters. The summed E-state index contributed by atoms with van der Waals surface area (Å²) in [6.45, 7) is 6.17. The van der Waals surface area contributed by atoms with Gasteiger partial charge < -0.3 is 18.9 Å². The summed E-state index contributed by atoms with van der Waals surface area (Å²) in [6.07, 6.45) is 1.45. The van der Waals surface area contributed by atoms with Crippen LogP contribution in [0.2, 0.25) is 0 Å². The predicted octanol–water partition coefficient (Wildman–Crippen LogP) is 3.43. The third-order valence-corrected chi connectivity index (χ3v) is 5.00. The first-order valence-electron chi connectivity index (χ1n) is 10.4. The molecule has 2 aromatic carbocycles. The Balaban J connectivity index is 1.40. The fourth-order valence-corrected chi connectivity index (χ4v) is 3.08. The zero-order chi connectivity index (χ0) is 24.3. The molecule has 0 saturated heterocycles. The molecular formula is C24H24N4O6. The van der Waals surface area contributed by atoms with E-state index >= 15 is 0 Å². The van der Waals surface area contributed by atoms with Crippen LogP contribution in [0.25, 0.3) is 0 Å². The number of ether oxygens (including phenoxy) is 4. The average Bonchev–Trinajstić information content (AvgIpc) is 3.49. The van der Waals surface area contributed by atoms with E-state index in [0.717, 1.165) is 5.69 Å². The summed E-state index contributed by atoms with van der Waals surface area (Å²) in [4.78, 5) is 24.8. The number of carbonyl (C=O) groups is 2. The number of nitrogens with one attached hydrogen (secondary N) is 2. The number of aromatic amines is 1. The van der Waals surface area contributed by atoms with Gasteiger partial charge in [0.1, 0.15) is 0 Å². The van der Waals surface area contributed by atoms with Gasteiger partial charge in [-0.15, -0.1) is 0 Å². The average molecular weight is 464 g/mol. The second kappa shape index (κ2) is 9.26. The molecular weight excluding hydrogens is 440 g/mol. The molecule has 0 bridgehead atoms. The van der Waals surface area contributed by atoms with Crippen LogP contribution in [-0.4, -0.2) is 42.2 Å². The molecule has 4 rings (SSSR count). The number of fused-ring (bicyclic) bond motifs is 1. The van der Waals surface area contributed by atoms with Gasteiger partial charge >= 0.3 is 5.97 Å². The molecule has 0 spiro atoms.